The van der Waals surface area contributed by atoms with Crippen LogP contribution in [0, 0.1) is 11.8 Å². The molecule has 0 aliphatic heterocycles. The third-order valence-corrected chi connectivity index (χ3v) is 3.64. The first-order valence-corrected chi connectivity index (χ1v) is 7.61. The number of unbranched alkanes of at least 4 members (excludes halogenated alkanes) is 4. The van der Waals surface area contributed by atoms with Crippen molar-refractivity contribution in [2.75, 3.05) is 0 Å². The smallest absolute Gasteiger partial charge is 0.212 e. The van der Waals surface area contributed by atoms with Crippen molar-refractivity contribution < 1.29 is 8.78 Å². The number of hydrogen-bond donors (Lipinski definition) is 0. The molecule has 2 aromatic rings. The summed E-state index contributed by atoms with van der Waals surface area (Å²) in [7, 11) is 0. The molecule has 0 atom stereocenters. The summed E-state index contributed by atoms with van der Waals surface area (Å²) in [5.74, 6) is -0.822. The summed E-state index contributed by atoms with van der Waals surface area (Å²) in [5.41, 5.74) is 2.09. The van der Waals surface area contributed by atoms with E-state index in [1.165, 1.54) is 37.9 Å². The zero-order valence-electron chi connectivity index (χ0n) is 12.4. The summed E-state index contributed by atoms with van der Waals surface area (Å²) in [6.07, 6.45) is 8.30. The molecule has 0 aliphatic carbocycles. The van der Waals surface area contributed by atoms with Gasteiger partial charge < -0.3 is 0 Å². The molecule has 0 amide bonds. The molecule has 0 aliphatic rings. The second kappa shape index (κ2) is 7.87. The summed E-state index contributed by atoms with van der Waals surface area (Å²) in [6, 6.07) is 8.08. The molecule has 1 aromatic carbocycles. The van der Waals surface area contributed by atoms with Crippen LogP contribution in [-0.4, -0.2) is 4.98 Å². The molecule has 112 valence electrons. The van der Waals surface area contributed by atoms with Crippen molar-refractivity contribution in [2.45, 2.75) is 45.4 Å². The minimum Gasteiger partial charge on any atom is -0.228 e. The van der Waals surface area contributed by atoms with Gasteiger partial charge in [-0.1, -0.05) is 44.7 Å². The van der Waals surface area contributed by atoms with E-state index in [2.05, 4.69) is 11.9 Å². The van der Waals surface area contributed by atoms with Crippen LogP contribution in [0.25, 0.3) is 11.1 Å². The van der Waals surface area contributed by atoms with Crippen molar-refractivity contribution in [1.82, 2.24) is 4.98 Å². The zero-order valence-corrected chi connectivity index (χ0v) is 12.4. The molecule has 0 N–H and O–H groups in total. The third-order valence-electron chi connectivity index (χ3n) is 3.64. The molecule has 1 nitrogen and oxygen atoms in total. The molecular weight excluding hydrogens is 268 g/mol. The summed E-state index contributed by atoms with van der Waals surface area (Å²) in [6.45, 7) is 2.19. The maximum Gasteiger partial charge on any atom is 0.212 e. The minimum atomic E-state index is -0.553. The number of hydrogen-bond acceptors (Lipinski definition) is 1. The molecule has 0 saturated heterocycles. The fraction of sp³-hybridized carbons (Fsp3) is 0.389. The van der Waals surface area contributed by atoms with Gasteiger partial charge in [-0.3, -0.25) is 0 Å². The van der Waals surface area contributed by atoms with E-state index in [1.54, 1.807) is 18.2 Å². The van der Waals surface area contributed by atoms with E-state index in [9.17, 15) is 8.78 Å². The SMILES string of the molecule is CCCCCCCc1ccc(-c2ccc(F)nc2)c(F)c1. The molecule has 1 heterocycles. The van der Waals surface area contributed by atoms with Gasteiger partial charge in [-0.15, -0.1) is 0 Å². The number of halogens is 2. The highest BCUT2D eigenvalue weighted by Gasteiger charge is 2.07. The van der Waals surface area contributed by atoms with Crippen LogP contribution >= 0.6 is 0 Å². The highest BCUT2D eigenvalue weighted by atomic mass is 19.1. The van der Waals surface area contributed by atoms with Crippen LogP contribution < -0.4 is 0 Å². The van der Waals surface area contributed by atoms with E-state index in [1.807, 2.05) is 6.07 Å². The Labute approximate surface area is 125 Å². The molecule has 0 bridgehead atoms. The van der Waals surface area contributed by atoms with Crippen LogP contribution in [0.3, 0.4) is 0 Å². The Morgan fingerprint density at radius 1 is 0.952 bits per heavy atom. The van der Waals surface area contributed by atoms with Crippen molar-refractivity contribution in [2.24, 2.45) is 0 Å². The summed E-state index contributed by atoms with van der Waals surface area (Å²) in [5, 5.41) is 0. The number of rotatable bonds is 7. The van der Waals surface area contributed by atoms with Gasteiger partial charge in [-0.2, -0.15) is 4.39 Å². The van der Waals surface area contributed by atoms with Crippen LogP contribution in [0.5, 0.6) is 0 Å². The molecule has 0 saturated carbocycles. The number of pyridine rings is 1. The van der Waals surface area contributed by atoms with Crippen molar-refractivity contribution in [3.8, 4) is 11.1 Å². The van der Waals surface area contributed by atoms with Crippen LogP contribution in [-0.2, 0) is 6.42 Å². The first kappa shape index (κ1) is 15.6. The first-order valence-electron chi connectivity index (χ1n) is 7.61. The summed E-state index contributed by atoms with van der Waals surface area (Å²) >= 11 is 0. The maximum atomic E-state index is 14.1. The Morgan fingerprint density at radius 3 is 2.43 bits per heavy atom. The standard InChI is InChI=1S/C18H21F2N/c1-2-3-4-5-6-7-14-8-10-16(17(19)12-14)15-9-11-18(20)21-13-15/h8-13H,2-7H2,1H3. The van der Waals surface area contributed by atoms with Gasteiger partial charge in [0.15, 0.2) is 0 Å². The molecule has 0 fully saturated rings. The highest BCUT2D eigenvalue weighted by molar-refractivity contribution is 5.63. The van der Waals surface area contributed by atoms with Crippen molar-refractivity contribution in [1.29, 1.82) is 0 Å². The Bertz CT molecular complexity index is 564. The highest BCUT2D eigenvalue weighted by Crippen LogP contribution is 2.23. The third kappa shape index (κ3) is 4.62. The van der Waals surface area contributed by atoms with Crippen LogP contribution in [0.2, 0.25) is 0 Å². The normalized spacial score (nSPS) is 10.8. The van der Waals surface area contributed by atoms with Gasteiger partial charge in [0.2, 0.25) is 5.95 Å². The zero-order chi connectivity index (χ0) is 15.1. The lowest BCUT2D eigenvalue weighted by molar-refractivity contribution is 0.583. The lowest BCUT2D eigenvalue weighted by atomic mass is 10.0. The van der Waals surface area contributed by atoms with Gasteiger partial charge in [0.25, 0.3) is 0 Å². The van der Waals surface area contributed by atoms with Crippen LogP contribution in [0.4, 0.5) is 8.78 Å². The Hall–Kier alpha value is -1.77. The van der Waals surface area contributed by atoms with Gasteiger partial charge in [0, 0.05) is 17.3 Å². The largest absolute Gasteiger partial charge is 0.228 e. The molecule has 1 aromatic heterocycles. The van der Waals surface area contributed by atoms with E-state index in [0.717, 1.165) is 18.4 Å². The Kier molecular flexibility index (Phi) is 5.85. The second-order valence-corrected chi connectivity index (χ2v) is 5.35. The van der Waals surface area contributed by atoms with Crippen LogP contribution in [0.15, 0.2) is 36.5 Å². The average molecular weight is 289 g/mol. The molecular formula is C18H21F2N. The van der Waals surface area contributed by atoms with Crippen molar-refractivity contribution in [3.63, 3.8) is 0 Å². The number of aryl methyl sites for hydroxylation is 1. The van der Waals surface area contributed by atoms with Crippen molar-refractivity contribution in [3.05, 3.63) is 53.9 Å². The lowest BCUT2D eigenvalue weighted by Crippen LogP contribution is -1.92. The van der Waals surface area contributed by atoms with E-state index in [-0.39, 0.29) is 5.82 Å². The van der Waals surface area contributed by atoms with E-state index >= 15 is 0 Å². The molecule has 0 unspecified atom stereocenters. The van der Waals surface area contributed by atoms with Gasteiger partial charge in [0.05, 0.1) is 0 Å². The lowest BCUT2D eigenvalue weighted by Gasteiger charge is -2.06. The first-order chi connectivity index (χ1) is 10.2. The molecule has 2 rings (SSSR count). The van der Waals surface area contributed by atoms with Gasteiger partial charge in [-0.05, 0) is 36.6 Å². The predicted octanol–water partition coefficient (Wildman–Crippen LogP) is 5.54. The van der Waals surface area contributed by atoms with Crippen molar-refractivity contribution >= 4 is 0 Å². The molecule has 0 spiro atoms. The maximum absolute atomic E-state index is 14.1. The summed E-state index contributed by atoms with van der Waals surface area (Å²) < 4.78 is 26.9. The quantitative estimate of drug-likeness (QED) is 0.481. The molecule has 0 radical (unpaired) electrons. The second-order valence-electron chi connectivity index (χ2n) is 5.35. The van der Waals surface area contributed by atoms with Gasteiger partial charge in [-0.25, -0.2) is 9.37 Å². The van der Waals surface area contributed by atoms with Gasteiger partial charge in [0.1, 0.15) is 5.82 Å². The Morgan fingerprint density at radius 2 is 1.76 bits per heavy atom. The molecule has 3 heteroatoms. The van der Waals surface area contributed by atoms with Gasteiger partial charge >= 0.3 is 0 Å². The monoisotopic (exact) mass is 289 g/mol. The fourth-order valence-electron chi connectivity index (χ4n) is 2.42. The summed E-state index contributed by atoms with van der Waals surface area (Å²) in [4.78, 5) is 3.56. The number of nitrogens with zero attached hydrogens (tertiary/aromatic N) is 1. The predicted molar refractivity (Wildman–Crippen MR) is 82.1 cm³/mol. The molecule has 21 heavy (non-hydrogen) atoms. The van der Waals surface area contributed by atoms with E-state index in [4.69, 9.17) is 0 Å². The topological polar surface area (TPSA) is 12.9 Å². The average Bonchev–Trinajstić information content (AvgIpc) is 2.48. The van der Waals surface area contributed by atoms with E-state index in [0.29, 0.717) is 11.1 Å². The Balaban J connectivity index is 1.99. The van der Waals surface area contributed by atoms with E-state index < -0.39 is 5.95 Å². The number of benzene rings is 1. The number of aromatic nitrogens is 1. The van der Waals surface area contributed by atoms with Crippen LogP contribution in [0.1, 0.15) is 44.6 Å². The minimum absolute atomic E-state index is 0.269. The fourth-order valence-corrected chi connectivity index (χ4v) is 2.42.